The molecule has 0 aliphatic rings. The highest BCUT2D eigenvalue weighted by molar-refractivity contribution is 5.76. The third kappa shape index (κ3) is 4.52. The van der Waals surface area contributed by atoms with Crippen LogP contribution in [0, 0.1) is 6.92 Å². The van der Waals surface area contributed by atoms with Crippen LogP contribution in [0.3, 0.4) is 0 Å². The van der Waals surface area contributed by atoms with Crippen LogP contribution in [0.15, 0.2) is 24.3 Å². The van der Waals surface area contributed by atoms with Crippen LogP contribution in [0.2, 0.25) is 0 Å². The van der Waals surface area contributed by atoms with Crippen molar-refractivity contribution in [1.29, 1.82) is 0 Å². The minimum atomic E-state index is -0.296. The van der Waals surface area contributed by atoms with Gasteiger partial charge in [0.2, 0.25) is 5.91 Å². The van der Waals surface area contributed by atoms with Gasteiger partial charge in [-0.25, -0.2) is 0 Å². The van der Waals surface area contributed by atoms with Gasteiger partial charge in [-0.3, -0.25) is 4.79 Å². The van der Waals surface area contributed by atoms with Gasteiger partial charge in [-0.2, -0.15) is 0 Å². The zero-order valence-electron chi connectivity index (χ0n) is 12.0. The van der Waals surface area contributed by atoms with Crippen molar-refractivity contribution >= 4 is 5.91 Å². The van der Waals surface area contributed by atoms with Crippen LogP contribution in [0.1, 0.15) is 57.6 Å². The molecule has 0 saturated carbocycles. The van der Waals surface area contributed by atoms with E-state index in [-0.39, 0.29) is 11.4 Å². The van der Waals surface area contributed by atoms with E-state index in [0.29, 0.717) is 6.42 Å². The Morgan fingerprint density at radius 3 is 2.61 bits per heavy atom. The number of rotatable bonds is 6. The SMILES string of the molecule is CCCCCC(=O)NC(C)(C)c1cccc(C)c1. The normalized spacial score (nSPS) is 11.3. The smallest absolute Gasteiger partial charge is 0.220 e. The van der Waals surface area contributed by atoms with E-state index in [0.717, 1.165) is 24.8 Å². The largest absolute Gasteiger partial charge is 0.347 e. The number of hydrogen-bond acceptors (Lipinski definition) is 1. The Kier molecular flexibility index (Phi) is 5.39. The fourth-order valence-electron chi connectivity index (χ4n) is 2.05. The first-order valence-electron chi connectivity index (χ1n) is 6.84. The quantitative estimate of drug-likeness (QED) is 0.758. The maximum atomic E-state index is 11.9. The highest BCUT2D eigenvalue weighted by Crippen LogP contribution is 2.21. The molecular formula is C16H25NO. The molecule has 0 fully saturated rings. The lowest BCUT2D eigenvalue weighted by molar-refractivity contribution is -0.122. The van der Waals surface area contributed by atoms with Gasteiger partial charge in [-0.15, -0.1) is 0 Å². The minimum absolute atomic E-state index is 0.148. The number of benzene rings is 1. The van der Waals surface area contributed by atoms with Crippen LogP contribution in [0.5, 0.6) is 0 Å². The van der Waals surface area contributed by atoms with E-state index < -0.39 is 0 Å². The van der Waals surface area contributed by atoms with Gasteiger partial charge in [-0.05, 0) is 32.8 Å². The molecule has 2 nitrogen and oxygen atoms in total. The Morgan fingerprint density at radius 1 is 1.28 bits per heavy atom. The van der Waals surface area contributed by atoms with Gasteiger partial charge in [-0.1, -0.05) is 49.6 Å². The summed E-state index contributed by atoms with van der Waals surface area (Å²) in [5, 5.41) is 3.12. The van der Waals surface area contributed by atoms with Crippen LogP contribution in [0.4, 0.5) is 0 Å². The summed E-state index contributed by atoms with van der Waals surface area (Å²) < 4.78 is 0. The van der Waals surface area contributed by atoms with Crippen LogP contribution in [-0.2, 0) is 10.3 Å². The molecule has 1 rings (SSSR count). The fourth-order valence-corrected chi connectivity index (χ4v) is 2.05. The molecule has 0 bridgehead atoms. The molecule has 18 heavy (non-hydrogen) atoms. The average molecular weight is 247 g/mol. The first-order chi connectivity index (χ1) is 8.45. The van der Waals surface area contributed by atoms with Crippen LogP contribution in [0.25, 0.3) is 0 Å². The van der Waals surface area contributed by atoms with Crippen molar-refractivity contribution in [2.45, 2.75) is 58.9 Å². The predicted octanol–water partition coefficient (Wildman–Crippen LogP) is 3.93. The summed E-state index contributed by atoms with van der Waals surface area (Å²) in [6, 6.07) is 8.31. The molecule has 0 saturated heterocycles. The number of carbonyl (C=O) groups excluding carboxylic acids is 1. The Morgan fingerprint density at radius 2 is 2.00 bits per heavy atom. The van der Waals surface area contributed by atoms with Crippen molar-refractivity contribution in [1.82, 2.24) is 5.32 Å². The molecule has 1 aromatic rings. The van der Waals surface area contributed by atoms with E-state index in [4.69, 9.17) is 0 Å². The van der Waals surface area contributed by atoms with Crippen LogP contribution < -0.4 is 5.32 Å². The number of unbranched alkanes of at least 4 members (excludes halogenated alkanes) is 2. The topological polar surface area (TPSA) is 29.1 Å². The van der Waals surface area contributed by atoms with Crippen molar-refractivity contribution in [2.24, 2.45) is 0 Å². The van der Waals surface area contributed by atoms with Crippen molar-refractivity contribution in [2.75, 3.05) is 0 Å². The lowest BCUT2D eigenvalue weighted by Gasteiger charge is -2.27. The molecule has 0 aromatic heterocycles. The number of nitrogens with one attached hydrogen (secondary N) is 1. The molecule has 2 heteroatoms. The summed E-state index contributed by atoms with van der Waals surface area (Å²) >= 11 is 0. The molecule has 0 unspecified atom stereocenters. The van der Waals surface area contributed by atoms with Crippen molar-refractivity contribution < 1.29 is 4.79 Å². The molecule has 0 heterocycles. The molecule has 1 aromatic carbocycles. The number of carbonyl (C=O) groups is 1. The predicted molar refractivity (Wildman–Crippen MR) is 76.5 cm³/mol. The fraction of sp³-hybridized carbons (Fsp3) is 0.562. The van der Waals surface area contributed by atoms with Crippen molar-refractivity contribution in [3.05, 3.63) is 35.4 Å². The maximum Gasteiger partial charge on any atom is 0.220 e. The van der Waals surface area contributed by atoms with Gasteiger partial charge in [0.05, 0.1) is 5.54 Å². The summed E-state index contributed by atoms with van der Waals surface area (Å²) in [6.07, 6.45) is 3.88. The van der Waals surface area contributed by atoms with Gasteiger partial charge >= 0.3 is 0 Å². The lowest BCUT2D eigenvalue weighted by Crippen LogP contribution is -2.40. The Labute approximate surface area is 111 Å². The van der Waals surface area contributed by atoms with Gasteiger partial charge < -0.3 is 5.32 Å². The lowest BCUT2D eigenvalue weighted by atomic mass is 9.92. The van der Waals surface area contributed by atoms with Gasteiger partial charge in [0.1, 0.15) is 0 Å². The summed E-state index contributed by atoms with van der Waals surface area (Å²) in [6.45, 7) is 8.33. The second-order valence-corrected chi connectivity index (χ2v) is 5.50. The summed E-state index contributed by atoms with van der Waals surface area (Å²) in [5.74, 6) is 0.148. The molecule has 0 radical (unpaired) electrons. The first kappa shape index (κ1) is 14.7. The third-order valence-corrected chi connectivity index (χ3v) is 3.20. The second-order valence-electron chi connectivity index (χ2n) is 5.50. The monoisotopic (exact) mass is 247 g/mol. The molecule has 0 spiro atoms. The van der Waals surface area contributed by atoms with E-state index in [1.54, 1.807) is 0 Å². The Hall–Kier alpha value is -1.31. The third-order valence-electron chi connectivity index (χ3n) is 3.20. The molecular weight excluding hydrogens is 222 g/mol. The highest BCUT2D eigenvalue weighted by Gasteiger charge is 2.22. The van der Waals surface area contributed by atoms with Crippen LogP contribution >= 0.6 is 0 Å². The molecule has 0 aliphatic carbocycles. The number of aryl methyl sites for hydroxylation is 1. The van der Waals surface area contributed by atoms with Crippen molar-refractivity contribution in [3.63, 3.8) is 0 Å². The summed E-state index contributed by atoms with van der Waals surface area (Å²) in [4.78, 5) is 11.9. The van der Waals surface area contributed by atoms with Gasteiger partial charge in [0, 0.05) is 6.42 Å². The average Bonchev–Trinajstić information content (AvgIpc) is 2.28. The van der Waals surface area contributed by atoms with E-state index in [9.17, 15) is 4.79 Å². The Balaban J connectivity index is 2.61. The van der Waals surface area contributed by atoms with E-state index in [2.05, 4.69) is 51.2 Å². The first-order valence-corrected chi connectivity index (χ1v) is 6.84. The molecule has 1 N–H and O–H groups in total. The zero-order valence-corrected chi connectivity index (χ0v) is 12.0. The van der Waals surface area contributed by atoms with E-state index in [1.165, 1.54) is 5.56 Å². The van der Waals surface area contributed by atoms with Gasteiger partial charge in [0.15, 0.2) is 0 Å². The van der Waals surface area contributed by atoms with Crippen LogP contribution in [-0.4, -0.2) is 5.91 Å². The minimum Gasteiger partial charge on any atom is -0.347 e. The zero-order chi connectivity index (χ0) is 13.6. The maximum absolute atomic E-state index is 11.9. The summed E-state index contributed by atoms with van der Waals surface area (Å²) in [7, 11) is 0. The summed E-state index contributed by atoms with van der Waals surface area (Å²) in [5.41, 5.74) is 2.09. The second kappa shape index (κ2) is 6.58. The molecule has 1 amide bonds. The molecule has 0 atom stereocenters. The number of amides is 1. The standard InChI is InChI=1S/C16H25NO/c1-5-6-7-11-15(18)17-16(3,4)14-10-8-9-13(2)12-14/h8-10,12H,5-7,11H2,1-4H3,(H,17,18). The molecule has 100 valence electrons. The molecule has 0 aliphatic heterocycles. The van der Waals surface area contributed by atoms with E-state index in [1.807, 2.05) is 6.07 Å². The van der Waals surface area contributed by atoms with E-state index >= 15 is 0 Å². The van der Waals surface area contributed by atoms with Crippen molar-refractivity contribution in [3.8, 4) is 0 Å². The Bertz CT molecular complexity index is 396. The highest BCUT2D eigenvalue weighted by atomic mass is 16.1. The van der Waals surface area contributed by atoms with Gasteiger partial charge in [0.25, 0.3) is 0 Å². The number of hydrogen-bond donors (Lipinski definition) is 1.